The molecule has 3 aromatic rings. The molecule has 0 heterocycles. The average Bonchev–Trinajstić information content (AvgIpc) is 3.20. The number of rotatable bonds is 9. The summed E-state index contributed by atoms with van der Waals surface area (Å²) in [5, 5.41) is 34.9. The number of nitrogens with one attached hydrogen (secondary N) is 1. The molecule has 1 aliphatic carbocycles. The first-order valence-corrected chi connectivity index (χ1v) is 11.2. The van der Waals surface area contributed by atoms with E-state index in [1.807, 2.05) is 48.5 Å². The van der Waals surface area contributed by atoms with Crippen LogP contribution in [0.15, 0.2) is 66.7 Å². The highest BCUT2D eigenvalue weighted by molar-refractivity contribution is 5.79. The lowest BCUT2D eigenvalue weighted by Gasteiger charge is -2.20. The van der Waals surface area contributed by atoms with E-state index in [2.05, 4.69) is 5.32 Å². The number of carbonyl (C=O) groups is 1. The Labute approximate surface area is 202 Å². The SMILES string of the molecule is COc1cccc([N+](=O)[O-])c1C(O)C(O)CCNC(=O)OCC1c2ccccc2-c2ccccc21. The van der Waals surface area contributed by atoms with Gasteiger partial charge in [-0.15, -0.1) is 0 Å². The Bertz CT molecular complexity index is 1180. The predicted octanol–water partition coefficient (Wildman–Crippen LogP) is 3.93. The smallest absolute Gasteiger partial charge is 0.407 e. The lowest BCUT2D eigenvalue weighted by Crippen LogP contribution is -2.31. The van der Waals surface area contributed by atoms with Gasteiger partial charge in [0, 0.05) is 18.5 Å². The highest BCUT2D eigenvalue weighted by Gasteiger charge is 2.31. The van der Waals surface area contributed by atoms with Crippen molar-refractivity contribution < 1.29 is 29.4 Å². The maximum absolute atomic E-state index is 12.3. The molecule has 0 saturated heterocycles. The molecule has 1 amide bonds. The van der Waals surface area contributed by atoms with E-state index >= 15 is 0 Å². The fraction of sp³-hybridized carbons (Fsp3) is 0.269. The molecule has 9 heteroatoms. The molecule has 2 atom stereocenters. The van der Waals surface area contributed by atoms with Gasteiger partial charge in [0.15, 0.2) is 0 Å². The van der Waals surface area contributed by atoms with Crippen molar-refractivity contribution >= 4 is 11.8 Å². The number of aliphatic hydroxyl groups excluding tert-OH is 2. The molecule has 3 N–H and O–H groups in total. The van der Waals surface area contributed by atoms with Crippen molar-refractivity contribution in [1.29, 1.82) is 0 Å². The van der Waals surface area contributed by atoms with E-state index in [0.717, 1.165) is 22.3 Å². The minimum absolute atomic E-state index is 0.00214. The number of hydrogen-bond donors (Lipinski definition) is 3. The molecule has 0 fully saturated rings. The molecule has 0 aromatic heterocycles. The van der Waals surface area contributed by atoms with Crippen molar-refractivity contribution in [3.8, 4) is 16.9 Å². The minimum Gasteiger partial charge on any atom is -0.496 e. The average molecular weight is 479 g/mol. The van der Waals surface area contributed by atoms with Crippen LogP contribution in [0.5, 0.6) is 5.75 Å². The number of fused-ring (bicyclic) bond motifs is 3. The van der Waals surface area contributed by atoms with Crippen LogP contribution in [0.1, 0.15) is 35.1 Å². The van der Waals surface area contributed by atoms with Gasteiger partial charge in [0.05, 0.1) is 18.1 Å². The topological polar surface area (TPSA) is 131 Å². The molecule has 9 nitrogen and oxygen atoms in total. The van der Waals surface area contributed by atoms with Crippen LogP contribution in [0.3, 0.4) is 0 Å². The van der Waals surface area contributed by atoms with Crippen LogP contribution in [-0.2, 0) is 4.74 Å². The molecule has 2 unspecified atom stereocenters. The van der Waals surface area contributed by atoms with Crippen molar-refractivity contribution in [1.82, 2.24) is 5.32 Å². The zero-order chi connectivity index (χ0) is 24.9. The fourth-order valence-electron chi connectivity index (χ4n) is 4.49. The maximum atomic E-state index is 12.3. The molecule has 1 aliphatic rings. The number of alkyl carbamates (subject to hydrolysis) is 1. The third-order valence-electron chi connectivity index (χ3n) is 6.17. The Morgan fingerprint density at radius 3 is 2.26 bits per heavy atom. The molecule has 0 radical (unpaired) electrons. The summed E-state index contributed by atoms with van der Waals surface area (Å²) in [6.07, 6.45) is -3.66. The van der Waals surface area contributed by atoms with Crippen LogP contribution in [0.25, 0.3) is 11.1 Å². The summed E-state index contributed by atoms with van der Waals surface area (Å²) < 4.78 is 10.6. The second kappa shape index (κ2) is 10.5. The summed E-state index contributed by atoms with van der Waals surface area (Å²) in [6.45, 7) is 0.149. The molecule has 4 rings (SSSR count). The quantitative estimate of drug-likeness (QED) is 0.314. The number of methoxy groups -OCH3 is 1. The monoisotopic (exact) mass is 478 g/mol. The van der Waals surface area contributed by atoms with Crippen LogP contribution in [0, 0.1) is 10.1 Å². The Hall–Kier alpha value is -3.95. The van der Waals surface area contributed by atoms with Crippen LogP contribution in [-0.4, -0.2) is 47.6 Å². The first-order valence-electron chi connectivity index (χ1n) is 11.2. The summed E-state index contributed by atoms with van der Waals surface area (Å²) in [5.41, 5.74) is 3.96. The van der Waals surface area contributed by atoms with Crippen molar-refractivity contribution in [3.05, 3.63) is 93.5 Å². The van der Waals surface area contributed by atoms with E-state index in [1.54, 1.807) is 0 Å². The number of hydrogen-bond acceptors (Lipinski definition) is 7. The number of nitro groups is 1. The predicted molar refractivity (Wildman–Crippen MR) is 128 cm³/mol. The molecular weight excluding hydrogens is 452 g/mol. The Kier molecular flexibility index (Phi) is 7.28. The Morgan fingerprint density at radius 1 is 1.03 bits per heavy atom. The number of amides is 1. The molecule has 182 valence electrons. The van der Waals surface area contributed by atoms with E-state index in [-0.39, 0.29) is 42.5 Å². The molecule has 35 heavy (non-hydrogen) atoms. The lowest BCUT2D eigenvalue weighted by molar-refractivity contribution is -0.386. The lowest BCUT2D eigenvalue weighted by atomic mass is 9.98. The molecule has 3 aromatic carbocycles. The number of benzene rings is 3. The Balaban J connectivity index is 1.33. The van der Waals surface area contributed by atoms with Gasteiger partial charge in [-0.1, -0.05) is 54.6 Å². The minimum atomic E-state index is -1.57. The van der Waals surface area contributed by atoms with E-state index in [1.165, 1.54) is 25.3 Å². The highest BCUT2D eigenvalue weighted by Crippen LogP contribution is 2.44. The third-order valence-corrected chi connectivity index (χ3v) is 6.17. The second-order valence-corrected chi connectivity index (χ2v) is 8.20. The maximum Gasteiger partial charge on any atom is 0.407 e. The fourth-order valence-corrected chi connectivity index (χ4v) is 4.49. The molecule has 0 spiro atoms. The van der Waals surface area contributed by atoms with Crippen LogP contribution < -0.4 is 10.1 Å². The standard InChI is InChI=1S/C26H26N2O7/c1-34-23-12-6-11-21(28(32)33)24(23)25(30)22(29)13-14-27-26(31)35-15-20-18-9-4-2-7-16(18)17-8-3-5-10-19(17)20/h2-12,20,22,25,29-30H,13-15H2,1H3,(H,27,31). The van der Waals surface area contributed by atoms with Gasteiger partial charge in [-0.3, -0.25) is 10.1 Å². The van der Waals surface area contributed by atoms with Crippen molar-refractivity contribution in [2.45, 2.75) is 24.5 Å². The second-order valence-electron chi connectivity index (χ2n) is 8.20. The molecule has 0 aliphatic heterocycles. The van der Waals surface area contributed by atoms with Crippen LogP contribution in [0.2, 0.25) is 0 Å². The van der Waals surface area contributed by atoms with Gasteiger partial charge >= 0.3 is 6.09 Å². The van der Waals surface area contributed by atoms with E-state index < -0.39 is 23.2 Å². The van der Waals surface area contributed by atoms with Gasteiger partial charge in [0.25, 0.3) is 5.69 Å². The van der Waals surface area contributed by atoms with E-state index in [0.29, 0.717) is 0 Å². The number of nitrogens with zero attached hydrogens (tertiary/aromatic N) is 1. The number of nitro benzene ring substituents is 1. The van der Waals surface area contributed by atoms with Crippen LogP contribution >= 0.6 is 0 Å². The summed E-state index contributed by atoms with van der Waals surface area (Å²) in [4.78, 5) is 23.0. The van der Waals surface area contributed by atoms with E-state index in [9.17, 15) is 25.1 Å². The largest absolute Gasteiger partial charge is 0.496 e. The number of aliphatic hydroxyl groups is 2. The normalized spacial score (nSPS) is 13.9. The van der Waals surface area contributed by atoms with Crippen molar-refractivity contribution in [2.75, 3.05) is 20.3 Å². The first kappa shape index (κ1) is 24.2. The van der Waals surface area contributed by atoms with Gasteiger partial charge in [-0.05, 0) is 34.7 Å². The molecular formula is C26H26N2O7. The van der Waals surface area contributed by atoms with Gasteiger partial charge < -0.3 is 25.0 Å². The van der Waals surface area contributed by atoms with Crippen LogP contribution in [0.4, 0.5) is 10.5 Å². The van der Waals surface area contributed by atoms with Gasteiger partial charge in [0.1, 0.15) is 24.0 Å². The molecule has 0 saturated carbocycles. The summed E-state index contributed by atoms with van der Waals surface area (Å²) in [6, 6.07) is 20.1. The highest BCUT2D eigenvalue weighted by atomic mass is 16.6. The number of carbonyl (C=O) groups excluding carboxylic acids is 1. The summed E-state index contributed by atoms with van der Waals surface area (Å²) >= 11 is 0. The van der Waals surface area contributed by atoms with Gasteiger partial charge in [-0.2, -0.15) is 0 Å². The van der Waals surface area contributed by atoms with Gasteiger partial charge in [-0.25, -0.2) is 4.79 Å². The first-order chi connectivity index (χ1) is 16.9. The number of ether oxygens (including phenoxy) is 2. The van der Waals surface area contributed by atoms with E-state index in [4.69, 9.17) is 9.47 Å². The third kappa shape index (κ3) is 4.96. The van der Waals surface area contributed by atoms with Crippen molar-refractivity contribution in [2.24, 2.45) is 0 Å². The van der Waals surface area contributed by atoms with Gasteiger partial charge in [0.2, 0.25) is 0 Å². The summed E-state index contributed by atoms with van der Waals surface area (Å²) in [5.74, 6) is 0.0157. The Morgan fingerprint density at radius 2 is 1.66 bits per heavy atom. The summed E-state index contributed by atoms with van der Waals surface area (Å²) in [7, 11) is 1.32. The molecule has 0 bridgehead atoms. The van der Waals surface area contributed by atoms with Crippen molar-refractivity contribution in [3.63, 3.8) is 0 Å². The zero-order valence-corrected chi connectivity index (χ0v) is 19.1. The zero-order valence-electron chi connectivity index (χ0n) is 19.1.